The molecule has 0 saturated carbocycles. The summed E-state index contributed by atoms with van der Waals surface area (Å²) in [6, 6.07) is 0. The summed E-state index contributed by atoms with van der Waals surface area (Å²) in [5.74, 6) is 3.26. The van der Waals surface area contributed by atoms with Crippen molar-refractivity contribution in [1.82, 2.24) is 15.6 Å². The van der Waals surface area contributed by atoms with Gasteiger partial charge in [-0.15, -0.1) is 17.8 Å². The molecule has 0 amide bonds. The number of hydrogen-bond acceptors (Lipinski definition) is 3. The van der Waals surface area contributed by atoms with E-state index >= 15 is 0 Å². The van der Waals surface area contributed by atoms with Crippen molar-refractivity contribution in [2.24, 2.45) is 4.99 Å². The number of rotatable bonds is 4. The zero-order chi connectivity index (χ0) is 14.3. The summed E-state index contributed by atoms with van der Waals surface area (Å²) in [5, 5.41) is 9.40. The molecule has 0 saturated heterocycles. The van der Waals surface area contributed by atoms with Crippen LogP contribution in [0.25, 0.3) is 0 Å². The standard InChI is InChI=1S/C14H22N4S/c1-6-8-16-13(15-7-2)17-9-11-10-19-12(18-11)14(3,4)5/h1,10H,7-9H2,2-5H3,(H2,15,16,17). The van der Waals surface area contributed by atoms with Crippen molar-refractivity contribution in [1.29, 1.82) is 0 Å². The van der Waals surface area contributed by atoms with Crippen LogP contribution in [-0.2, 0) is 12.0 Å². The molecule has 1 rings (SSSR count). The monoisotopic (exact) mass is 278 g/mol. The number of guanidine groups is 1. The predicted octanol–water partition coefficient (Wildman–Crippen LogP) is 2.13. The van der Waals surface area contributed by atoms with Crippen molar-refractivity contribution in [3.05, 3.63) is 16.1 Å². The Morgan fingerprint density at radius 3 is 2.74 bits per heavy atom. The topological polar surface area (TPSA) is 49.3 Å². The van der Waals surface area contributed by atoms with Gasteiger partial charge < -0.3 is 10.6 Å². The van der Waals surface area contributed by atoms with Gasteiger partial charge in [0.05, 0.1) is 23.8 Å². The third-order valence-electron chi connectivity index (χ3n) is 2.29. The molecular formula is C14H22N4S. The number of terminal acetylenes is 1. The van der Waals surface area contributed by atoms with E-state index in [0.717, 1.165) is 23.2 Å². The first-order valence-corrected chi connectivity index (χ1v) is 7.26. The first kappa shape index (κ1) is 15.5. The van der Waals surface area contributed by atoms with Gasteiger partial charge in [-0.2, -0.15) is 0 Å². The Morgan fingerprint density at radius 2 is 2.21 bits per heavy atom. The Hall–Kier alpha value is -1.54. The maximum Gasteiger partial charge on any atom is 0.192 e. The average molecular weight is 278 g/mol. The normalized spacial score (nSPS) is 12.1. The summed E-state index contributed by atoms with van der Waals surface area (Å²) < 4.78 is 0. The summed E-state index contributed by atoms with van der Waals surface area (Å²) in [6.45, 7) is 10.4. The van der Waals surface area contributed by atoms with Crippen molar-refractivity contribution in [3.63, 3.8) is 0 Å². The minimum Gasteiger partial charge on any atom is -0.357 e. The molecule has 4 nitrogen and oxygen atoms in total. The van der Waals surface area contributed by atoms with Gasteiger partial charge in [-0.25, -0.2) is 9.98 Å². The van der Waals surface area contributed by atoms with Crippen molar-refractivity contribution in [2.75, 3.05) is 13.1 Å². The lowest BCUT2D eigenvalue weighted by Gasteiger charge is -2.13. The van der Waals surface area contributed by atoms with Crippen molar-refractivity contribution in [3.8, 4) is 12.3 Å². The Morgan fingerprint density at radius 1 is 1.47 bits per heavy atom. The average Bonchev–Trinajstić information content (AvgIpc) is 2.81. The lowest BCUT2D eigenvalue weighted by Crippen LogP contribution is -2.37. The van der Waals surface area contributed by atoms with Crippen LogP contribution in [0.2, 0.25) is 0 Å². The van der Waals surface area contributed by atoms with Crippen molar-refractivity contribution in [2.45, 2.75) is 39.7 Å². The van der Waals surface area contributed by atoms with Crippen LogP contribution in [0, 0.1) is 12.3 Å². The molecule has 0 aromatic carbocycles. The zero-order valence-corrected chi connectivity index (χ0v) is 12.9. The molecule has 0 bridgehead atoms. The van der Waals surface area contributed by atoms with Gasteiger partial charge in [-0.1, -0.05) is 26.7 Å². The van der Waals surface area contributed by atoms with Gasteiger partial charge in [-0.05, 0) is 6.92 Å². The molecule has 0 radical (unpaired) electrons. The van der Waals surface area contributed by atoms with Gasteiger partial charge in [0.2, 0.25) is 0 Å². The highest BCUT2D eigenvalue weighted by Gasteiger charge is 2.17. The molecule has 19 heavy (non-hydrogen) atoms. The van der Waals surface area contributed by atoms with Crippen LogP contribution in [0.3, 0.4) is 0 Å². The number of nitrogens with zero attached hydrogens (tertiary/aromatic N) is 2. The van der Waals surface area contributed by atoms with Crippen molar-refractivity contribution < 1.29 is 0 Å². The van der Waals surface area contributed by atoms with Crippen LogP contribution in [-0.4, -0.2) is 24.0 Å². The molecule has 0 aliphatic carbocycles. The second-order valence-electron chi connectivity index (χ2n) is 5.15. The molecule has 0 fully saturated rings. The molecule has 0 unspecified atom stereocenters. The molecular weight excluding hydrogens is 256 g/mol. The third kappa shape index (κ3) is 5.31. The summed E-state index contributed by atoms with van der Waals surface area (Å²) >= 11 is 1.69. The van der Waals surface area contributed by atoms with Gasteiger partial charge >= 0.3 is 0 Å². The van der Waals surface area contributed by atoms with E-state index in [0.29, 0.717) is 13.1 Å². The number of aromatic nitrogens is 1. The summed E-state index contributed by atoms with van der Waals surface area (Å²) in [4.78, 5) is 9.07. The van der Waals surface area contributed by atoms with Gasteiger partial charge in [0.15, 0.2) is 5.96 Å². The highest BCUT2D eigenvalue weighted by atomic mass is 32.1. The fraction of sp³-hybridized carbons (Fsp3) is 0.571. The van der Waals surface area contributed by atoms with Crippen LogP contribution in [0.4, 0.5) is 0 Å². The van der Waals surface area contributed by atoms with Crippen LogP contribution < -0.4 is 10.6 Å². The first-order chi connectivity index (χ1) is 8.97. The zero-order valence-electron chi connectivity index (χ0n) is 12.1. The van der Waals surface area contributed by atoms with Crippen LogP contribution in [0.1, 0.15) is 38.4 Å². The highest BCUT2D eigenvalue weighted by Crippen LogP contribution is 2.25. The maximum atomic E-state index is 5.23. The maximum absolute atomic E-state index is 5.23. The predicted molar refractivity (Wildman–Crippen MR) is 82.5 cm³/mol. The molecule has 0 aliphatic rings. The van der Waals surface area contributed by atoms with Crippen LogP contribution >= 0.6 is 11.3 Å². The molecule has 0 atom stereocenters. The SMILES string of the molecule is C#CCNC(=NCc1csc(C(C)(C)C)n1)NCC. The summed E-state index contributed by atoms with van der Waals surface area (Å²) in [7, 11) is 0. The molecule has 1 heterocycles. The lowest BCUT2D eigenvalue weighted by atomic mass is 9.98. The Labute approximate surface area is 119 Å². The van der Waals surface area contributed by atoms with Gasteiger partial charge in [0, 0.05) is 17.3 Å². The van der Waals surface area contributed by atoms with E-state index in [2.05, 4.69) is 52.7 Å². The minimum atomic E-state index is 0.0961. The van der Waals surface area contributed by atoms with Crippen LogP contribution in [0.15, 0.2) is 10.4 Å². The van der Waals surface area contributed by atoms with Crippen molar-refractivity contribution >= 4 is 17.3 Å². The number of nitrogens with one attached hydrogen (secondary N) is 2. The van der Waals surface area contributed by atoms with E-state index in [-0.39, 0.29) is 5.41 Å². The summed E-state index contributed by atoms with van der Waals surface area (Å²) in [6.07, 6.45) is 5.23. The second kappa shape index (κ2) is 7.15. The van der Waals surface area contributed by atoms with Gasteiger partial charge in [-0.3, -0.25) is 0 Å². The van der Waals surface area contributed by atoms with E-state index < -0.39 is 0 Å². The smallest absolute Gasteiger partial charge is 0.192 e. The number of thiazole rings is 1. The van der Waals surface area contributed by atoms with Gasteiger partial charge in [0.1, 0.15) is 0 Å². The fourth-order valence-corrected chi connectivity index (χ4v) is 2.26. The molecule has 104 valence electrons. The molecule has 0 spiro atoms. The Kier molecular flexibility index (Phi) is 5.84. The fourth-order valence-electron chi connectivity index (χ4n) is 1.36. The lowest BCUT2D eigenvalue weighted by molar-refractivity contribution is 0.583. The summed E-state index contributed by atoms with van der Waals surface area (Å²) in [5.41, 5.74) is 1.09. The van der Waals surface area contributed by atoms with Gasteiger partial charge in [0.25, 0.3) is 0 Å². The van der Waals surface area contributed by atoms with E-state index in [4.69, 9.17) is 6.42 Å². The molecule has 5 heteroatoms. The molecule has 2 N–H and O–H groups in total. The first-order valence-electron chi connectivity index (χ1n) is 6.38. The second-order valence-corrected chi connectivity index (χ2v) is 6.00. The van der Waals surface area contributed by atoms with Crippen LogP contribution in [0.5, 0.6) is 0 Å². The highest BCUT2D eigenvalue weighted by molar-refractivity contribution is 7.09. The largest absolute Gasteiger partial charge is 0.357 e. The Balaban J connectivity index is 2.67. The quantitative estimate of drug-likeness (QED) is 0.504. The molecule has 1 aromatic rings. The van der Waals surface area contributed by atoms with E-state index in [9.17, 15) is 0 Å². The minimum absolute atomic E-state index is 0.0961. The Bertz CT molecular complexity index is 463. The number of aliphatic imine (C=N–C) groups is 1. The van der Waals surface area contributed by atoms with E-state index in [1.165, 1.54) is 0 Å². The third-order valence-corrected chi connectivity index (χ3v) is 3.61. The molecule has 1 aromatic heterocycles. The number of hydrogen-bond donors (Lipinski definition) is 2. The molecule has 0 aliphatic heterocycles. The van der Waals surface area contributed by atoms with E-state index in [1.54, 1.807) is 11.3 Å². The van der Waals surface area contributed by atoms with E-state index in [1.807, 2.05) is 6.92 Å².